The van der Waals surface area contributed by atoms with Crippen molar-refractivity contribution in [2.45, 2.75) is 0 Å². The Bertz CT molecular complexity index is 778. The first-order chi connectivity index (χ1) is 10.6. The molecule has 2 heterocycles. The zero-order valence-corrected chi connectivity index (χ0v) is 12.8. The molecule has 0 aliphatic carbocycles. The maximum Gasteiger partial charge on any atom is 0.293 e. The molecule has 0 unspecified atom stereocenters. The minimum Gasteiger partial charge on any atom is -0.497 e. The van der Waals surface area contributed by atoms with Gasteiger partial charge in [0.2, 0.25) is 0 Å². The minimum atomic E-state index is -0.311. The van der Waals surface area contributed by atoms with Gasteiger partial charge in [-0.1, -0.05) is 12.1 Å². The van der Waals surface area contributed by atoms with Crippen LogP contribution in [0.3, 0.4) is 0 Å². The van der Waals surface area contributed by atoms with Gasteiger partial charge in [-0.15, -0.1) is 0 Å². The molecule has 2 aromatic rings. The average molecular weight is 315 g/mol. The lowest BCUT2D eigenvalue weighted by Crippen LogP contribution is -2.22. The van der Waals surface area contributed by atoms with Crippen molar-refractivity contribution >= 4 is 29.0 Å². The molecule has 5 nitrogen and oxygen atoms in total. The molecule has 0 spiro atoms. The Hall–Kier alpha value is -2.47. The van der Waals surface area contributed by atoms with Gasteiger partial charge in [0.05, 0.1) is 12.0 Å². The maximum atomic E-state index is 11.8. The molecular formula is C16H13NO4S. The maximum absolute atomic E-state index is 11.8. The lowest BCUT2D eigenvalue weighted by molar-refractivity contribution is -0.121. The SMILES string of the molecule is COc1cccc(-c2ccc(/C=C3\SC(=O)N(C)C3=O)o2)c1. The number of rotatable bonds is 3. The summed E-state index contributed by atoms with van der Waals surface area (Å²) in [5.41, 5.74) is 0.877. The highest BCUT2D eigenvalue weighted by atomic mass is 32.2. The van der Waals surface area contributed by atoms with Gasteiger partial charge in [-0.2, -0.15) is 0 Å². The molecule has 1 aliphatic heterocycles. The van der Waals surface area contributed by atoms with Crippen LogP contribution in [0.15, 0.2) is 45.7 Å². The first-order valence-corrected chi connectivity index (χ1v) is 7.36. The van der Waals surface area contributed by atoms with Crippen LogP contribution in [0.25, 0.3) is 17.4 Å². The number of furan rings is 1. The zero-order valence-electron chi connectivity index (χ0n) is 12.0. The first-order valence-electron chi connectivity index (χ1n) is 6.54. The highest BCUT2D eigenvalue weighted by Crippen LogP contribution is 2.32. The highest BCUT2D eigenvalue weighted by Gasteiger charge is 2.32. The zero-order chi connectivity index (χ0) is 15.7. The molecule has 0 bridgehead atoms. The topological polar surface area (TPSA) is 59.8 Å². The third kappa shape index (κ3) is 2.65. The van der Waals surface area contributed by atoms with Crippen LogP contribution < -0.4 is 4.74 Å². The van der Waals surface area contributed by atoms with Gasteiger partial charge in [-0.05, 0) is 36.0 Å². The van der Waals surface area contributed by atoms with Crippen molar-refractivity contribution in [3.63, 3.8) is 0 Å². The van der Waals surface area contributed by atoms with Gasteiger partial charge in [-0.25, -0.2) is 0 Å². The molecule has 0 atom stereocenters. The summed E-state index contributed by atoms with van der Waals surface area (Å²) in [4.78, 5) is 24.7. The molecule has 22 heavy (non-hydrogen) atoms. The van der Waals surface area contributed by atoms with Crippen LogP contribution in [0.4, 0.5) is 4.79 Å². The van der Waals surface area contributed by atoms with E-state index in [4.69, 9.17) is 9.15 Å². The molecule has 1 aliphatic rings. The molecular weight excluding hydrogens is 302 g/mol. The Morgan fingerprint density at radius 1 is 1.23 bits per heavy atom. The molecule has 2 amide bonds. The van der Waals surface area contributed by atoms with Gasteiger partial charge in [0.15, 0.2) is 0 Å². The van der Waals surface area contributed by atoms with Gasteiger partial charge in [0, 0.05) is 18.7 Å². The molecule has 0 radical (unpaired) electrons. The average Bonchev–Trinajstić information content (AvgIpc) is 3.09. The number of hydrogen-bond acceptors (Lipinski definition) is 5. The quantitative estimate of drug-likeness (QED) is 0.810. The van der Waals surface area contributed by atoms with E-state index in [2.05, 4.69) is 0 Å². The molecule has 112 valence electrons. The van der Waals surface area contributed by atoms with Crippen molar-refractivity contribution in [3.05, 3.63) is 47.1 Å². The lowest BCUT2D eigenvalue weighted by atomic mass is 10.2. The molecule has 1 aromatic carbocycles. The number of imide groups is 1. The van der Waals surface area contributed by atoms with E-state index in [-0.39, 0.29) is 11.1 Å². The third-order valence-corrected chi connectivity index (χ3v) is 4.20. The van der Waals surface area contributed by atoms with Gasteiger partial charge >= 0.3 is 0 Å². The number of likely N-dealkylation sites (N-methyl/N-ethyl adjacent to an activating group) is 1. The lowest BCUT2D eigenvalue weighted by Gasteiger charge is -2.01. The molecule has 6 heteroatoms. The Labute approximate surface area is 131 Å². The predicted molar refractivity (Wildman–Crippen MR) is 84.4 cm³/mol. The second-order valence-electron chi connectivity index (χ2n) is 4.67. The third-order valence-electron chi connectivity index (χ3n) is 3.24. The molecule has 1 aromatic heterocycles. The van der Waals surface area contributed by atoms with Gasteiger partial charge in [-0.3, -0.25) is 14.5 Å². The Morgan fingerprint density at radius 3 is 2.73 bits per heavy atom. The summed E-state index contributed by atoms with van der Waals surface area (Å²) < 4.78 is 10.9. The second kappa shape index (κ2) is 5.73. The number of thioether (sulfide) groups is 1. The predicted octanol–water partition coefficient (Wildman–Crippen LogP) is 3.62. The second-order valence-corrected chi connectivity index (χ2v) is 5.67. The molecule has 1 saturated heterocycles. The minimum absolute atomic E-state index is 0.282. The van der Waals surface area contributed by atoms with Crippen LogP contribution >= 0.6 is 11.8 Å². The van der Waals surface area contributed by atoms with Crippen LogP contribution in [-0.2, 0) is 4.79 Å². The summed E-state index contributed by atoms with van der Waals surface area (Å²) in [6, 6.07) is 11.1. The summed E-state index contributed by atoms with van der Waals surface area (Å²) in [6.07, 6.45) is 1.58. The Balaban J connectivity index is 1.88. The van der Waals surface area contributed by atoms with Crippen LogP contribution in [0, 0.1) is 0 Å². The van der Waals surface area contributed by atoms with Gasteiger partial charge in [0.1, 0.15) is 17.3 Å². The van der Waals surface area contributed by atoms with Crippen molar-refractivity contribution in [3.8, 4) is 17.1 Å². The summed E-state index contributed by atoms with van der Waals surface area (Å²) in [5.74, 6) is 1.62. The smallest absolute Gasteiger partial charge is 0.293 e. The van der Waals surface area contributed by atoms with Crippen molar-refractivity contribution in [2.75, 3.05) is 14.2 Å². The molecule has 0 N–H and O–H groups in total. The fraction of sp³-hybridized carbons (Fsp3) is 0.125. The largest absolute Gasteiger partial charge is 0.497 e. The Morgan fingerprint density at radius 2 is 2.05 bits per heavy atom. The number of ether oxygens (including phenoxy) is 1. The number of hydrogen-bond donors (Lipinski definition) is 0. The molecule has 0 saturated carbocycles. The van der Waals surface area contributed by atoms with E-state index < -0.39 is 0 Å². The van der Waals surface area contributed by atoms with E-state index in [1.165, 1.54) is 7.05 Å². The van der Waals surface area contributed by atoms with E-state index in [1.807, 2.05) is 30.3 Å². The highest BCUT2D eigenvalue weighted by molar-refractivity contribution is 8.18. The van der Waals surface area contributed by atoms with E-state index in [0.717, 1.165) is 28.0 Å². The van der Waals surface area contributed by atoms with Crippen molar-refractivity contribution in [1.82, 2.24) is 4.90 Å². The van der Waals surface area contributed by atoms with E-state index in [0.29, 0.717) is 16.4 Å². The van der Waals surface area contributed by atoms with Gasteiger partial charge < -0.3 is 9.15 Å². The standard InChI is InChI=1S/C16H13NO4S/c1-17-15(18)14(22-16(17)19)9-12-6-7-13(21-12)10-4-3-5-11(8-10)20-2/h3-9H,1-2H3/b14-9-. The van der Waals surface area contributed by atoms with Crippen molar-refractivity contribution in [2.24, 2.45) is 0 Å². The van der Waals surface area contributed by atoms with E-state index in [9.17, 15) is 9.59 Å². The number of methoxy groups -OCH3 is 1. The summed E-state index contributed by atoms with van der Waals surface area (Å²) in [5, 5.41) is -0.282. The normalized spacial score (nSPS) is 16.6. The van der Waals surface area contributed by atoms with Crippen LogP contribution in [0.5, 0.6) is 5.75 Å². The number of nitrogens with zero attached hydrogens (tertiary/aromatic N) is 1. The van der Waals surface area contributed by atoms with E-state index in [1.54, 1.807) is 19.3 Å². The van der Waals surface area contributed by atoms with Crippen LogP contribution in [0.2, 0.25) is 0 Å². The van der Waals surface area contributed by atoms with Crippen LogP contribution in [-0.4, -0.2) is 30.2 Å². The van der Waals surface area contributed by atoms with Crippen molar-refractivity contribution < 1.29 is 18.7 Å². The number of amides is 2. The molecule has 1 fully saturated rings. The first kappa shape index (κ1) is 14.5. The number of benzene rings is 1. The Kier molecular flexibility index (Phi) is 3.77. The van der Waals surface area contributed by atoms with Gasteiger partial charge in [0.25, 0.3) is 11.1 Å². The number of carbonyl (C=O) groups excluding carboxylic acids is 2. The molecule has 3 rings (SSSR count). The number of carbonyl (C=O) groups is 2. The van der Waals surface area contributed by atoms with Crippen molar-refractivity contribution in [1.29, 1.82) is 0 Å². The summed E-state index contributed by atoms with van der Waals surface area (Å²) >= 11 is 0.906. The summed E-state index contributed by atoms with van der Waals surface area (Å²) in [6.45, 7) is 0. The monoisotopic (exact) mass is 315 g/mol. The fourth-order valence-electron chi connectivity index (χ4n) is 2.04. The van der Waals surface area contributed by atoms with E-state index >= 15 is 0 Å². The summed E-state index contributed by atoms with van der Waals surface area (Å²) in [7, 11) is 3.07. The van der Waals surface area contributed by atoms with Crippen LogP contribution in [0.1, 0.15) is 5.76 Å². The fourth-order valence-corrected chi connectivity index (χ4v) is 2.84.